The lowest BCUT2D eigenvalue weighted by molar-refractivity contribution is -0.0125. The van der Waals surface area contributed by atoms with E-state index in [1.54, 1.807) is 0 Å². The molecule has 2 aromatic carbocycles. The van der Waals surface area contributed by atoms with Crippen molar-refractivity contribution in [3.8, 4) is 5.75 Å². The zero-order valence-electron chi connectivity index (χ0n) is 20.2. The summed E-state index contributed by atoms with van der Waals surface area (Å²) in [6.45, 7) is 5.98. The molecule has 0 bridgehead atoms. The lowest BCUT2D eigenvalue weighted by Crippen LogP contribution is -2.28. The summed E-state index contributed by atoms with van der Waals surface area (Å²) in [6, 6.07) is 19.2. The molecule has 2 rings (SSSR count). The molecule has 1 amide bonds. The minimum atomic E-state index is -0.462. The van der Waals surface area contributed by atoms with Gasteiger partial charge in [-0.1, -0.05) is 48.5 Å². The van der Waals surface area contributed by atoms with Crippen molar-refractivity contribution < 1.29 is 38.0 Å². The third-order valence-corrected chi connectivity index (χ3v) is 4.46. The SMILES string of the molecule is O=C(NCCOCCOCCOCCOCCOCCOc1ccccc1)OCc1ccccc1. The number of rotatable bonds is 21. The van der Waals surface area contributed by atoms with E-state index in [-0.39, 0.29) is 6.61 Å². The van der Waals surface area contributed by atoms with Crippen LogP contribution in [0.4, 0.5) is 4.79 Å². The van der Waals surface area contributed by atoms with Gasteiger partial charge < -0.3 is 38.5 Å². The topological polar surface area (TPSA) is 93.7 Å². The van der Waals surface area contributed by atoms with E-state index in [2.05, 4.69) is 5.32 Å². The Morgan fingerprint density at radius 1 is 0.571 bits per heavy atom. The molecule has 0 unspecified atom stereocenters. The first-order valence-electron chi connectivity index (χ1n) is 11.9. The lowest BCUT2D eigenvalue weighted by atomic mass is 10.2. The number of carbonyl (C=O) groups excluding carboxylic acids is 1. The first kappa shape index (κ1) is 28.5. The Morgan fingerprint density at radius 3 is 1.57 bits per heavy atom. The molecule has 2 aromatic rings. The van der Waals surface area contributed by atoms with Crippen LogP contribution in [-0.4, -0.2) is 85.3 Å². The van der Waals surface area contributed by atoms with E-state index in [4.69, 9.17) is 33.2 Å². The first-order valence-corrected chi connectivity index (χ1v) is 11.9. The third kappa shape index (κ3) is 16.6. The Labute approximate surface area is 207 Å². The number of ether oxygens (including phenoxy) is 7. The maximum atomic E-state index is 11.6. The Bertz CT molecular complexity index is 748. The molecule has 1 N–H and O–H groups in total. The molecule has 0 saturated heterocycles. The Hall–Kier alpha value is -2.69. The molecule has 0 fully saturated rings. The normalized spacial score (nSPS) is 10.7. The number of para-hydroxylation sites is 1. The van der Waals surface area contributed by atoms with Gasteiger partial charge in [0.2, 0.25) is 0 Å². The van der Waals surface area contributed by atoms with Crippen LogP contribution in [0.15, 0.2) is 60.7 Å². The van der Waals surface area contributed by atoms with Crippen molar-refractivity contribution in [3.63, 3.8) is 0 Å². The number of carbonyl (C=O) groups is 1. The highest BCUT2D eigenvalue weighted by Gasteiger charge is 2.01. The number of alkyl carbamates (subject to hydrolysis) is 1. The van der Waals surface area contributed by atoms with Gasteiger partial charge in [0.15, 0.2) is 0 Å². The molecule has 0 atom stereocenters. The van der Waals surface area contributed by atoms with Gasteiger partial charge in [0.1, 0.15) is 19.0 Å². The van der Waals surface area contributed by atoms with Gasteiger partial charge in [-0.3, -0.25) is 0 Å². The summed E-state index contributed by atoms with van der Waals surface area (Å²) in [4.78, 5) is 11.6. The van der Waals surface area contributed by atoms with E-state index < -0.39 is 6.09 Å². The standard InChI is InChI=1S/C26H37NO8/c28-26(35-23-24-7-3-1-4-8-24)27-11-12-29-13-14-30-15-16-31-17-18-32-19-20-33-21-22-34-25-9-5-2-6-10-25/h1-10H,11-23H2,(H,27,28). The second-order valence-electron chi connectivity index (χ2n) is 7.21. The summed E-state index contributed by atoms with van der Waals surface area (Å²) in [5, 5.41) is 2.64. The van der Waals surface area contributed by atoms with Crippen molar-refractivity contribution in [2.75, 3.05) is 79.2 Å². The Balaban J connectivity index is 1.22. The van der Waals surface area contributed by atoms with Gasteiger partial charge in [-0.25, -0.2) is 4.79 Å². The van der Waals surface area contributed by atoms with E-state index in [1.165, 1.54) is 0 Å². The van der Waals surface area contributed by atoms with Gasteiger partial charge in [-0.15, -0.1) is 0 Å². The monoisotopic (exact) mass is 491 g/mol. The average molecular weight is 492 g/mol. The van der Waals surface area contributed by atoms with Crippen molar-refractivity contribution in [3.05, 3.63) is 66.2 Å². The molecule has 0 aliphatic heterocycles. The first-order chi connectivity index (χ1) is 17.3. The molecule has 194 valence electrons. The molecule has 0 spiro atoms. The maximum absolute atomic E-state index is 11.6. The molecule has 0 heterocycles. The van der Waals surface area contributed by atoms with Crippen LogP contribution in [0.2, 0.25) is 0 Å². The summed E-state index contributed by atoms with van der Waals surface area (Å²) in [7, 11) is 0. The molecule has 0 aliphatic rings. The lowest BCUT2D eigenvalue weighted by Gasteiger charge is -2.09. The van der Waals surface area contributed by atoms with E-state index in [0.29, 0.717) is 79.2 Å². The van der Waals surface area contributed by atoms with Crippen molar-refractivity contribution >= 4 is 6.09 Å². The van der Waals surface area contributed by atoms with Crippen molar-refractivity contribution in [2.24, 2.45) is 0 Å². The smallest absolute Gasteiger partial charge is 0.407 e. The molecule has 0 aromatic heterocycles. The van der Waals surface area contributed by atoms with Crippen molar-refractivity contribution in [2.45, 2.75) is 6.61 Å². The largest absolute Gasteiger partial charge is 0.491 e. The van der Waals surface area contributed by atoms with Crippen LogP contribution in [0, 0.1) is 0 Å². The molecular formula is C26H37NO8. The van der Waals surface area contributed by atoms with Crippen molar-refractivity contribution in [1.29, 1.82) is 0 Å². The van der Waals surface area contributed by atoms with Crippen LogP contribution in [0.25, 0.3) is 0 Å². The van der Waals surface area contributed by atoms with E-state index in [1.807, 2.05) is 60.7 Å². The van der Waals surface area contributed by atoms with Gasteiger partial charge >= 0.3 is 6.09 Å². The van der Waals surface area contributed by atoms with Gasteiger partial charge in [0, 0.05) is 6.54 Å². The molecular weight excluding hydrogens is 454 g/mol. The average Bonchev–Trinajstić information content (AvgIpc) is 2.90. The Kier molecular flexibility index (Phi) is 16.9. The Morgan fingerprint density at radius 2 is 1.03 bits per heavy atom. The number of hydrogen-bond acceptors (Lipinski definition) is 8. The fraction of sp³-hybridized carbons (Fsp3) is 0.500. The van der Waals surface area contributed by atoms with E-state index in [9.17, 15) is 4.79 Å². The van der Waals surface area contributed by atoms with Crippen LogP contribution in [0.5, 0.6) is 5.75 Å². The highest BCUT2D eigenvalue weighted by Crippen LogP contribution is 2.07. The molecule has 9 nitrogen and oxygen atoms in total. The fourth-order valence-electron chi connectivity index (χ4n) is 2.72. The summed E-state index contributed by atoms with van der Waals surface area (Å²) >= 11 is 0. The van der Waals surface area contributed by atoms with Crippen LogP contribution in [0.3, 0.4) is 0 Å². The predicted octanol–water partition coefficient (Wildman–Crippen LogP) is 3.07. The summed E-state index contributed by atoms with van der Waals surface area (Å²) < 4.78 is 37.8. The highest BCUT2D eigenvalue weighted by atomic mass is 16.6. The number of hydrogen-bond donors (Lipinski definition) is 1. The van der Waals surface area contributed by atoms with Crippen LogP contribution < -0.4 is 10.1 Å². The van der Waals surface area contributed by atoms with Gasteiger partial charge in [0.25, 0.3) is 0 Å². The number of amides is 1. The van der Waals surface area contributed by atoms with Gasteiger partial charge in [-0.2, -0.15) is 0 Å². The van der Waals surface area contributed by atoms with Gasteiger partial charge in [0.05, 0.1) is 66.1 Å². The van der Waals surface area contributed by atoms with E-state index in [0.717, 1.165) is 11.3 Å². The molecule has 9 heteroatoms. The van der Waals surface area contributed by atoms with Crippen LogP contribution in [-0.2, 0) is 35.0 Å². The minimum Gasteiger partial charge on any atom is -0.491 e. The van der Waals surface area contributed by atoms with Crippen molar-refractivity contribution in [1.82, 2.24) is 5.32 Å². The minimum absolute atomic E-state index is 0.245. The van der Waals surface area contributed by atoms with Gasteiger partial charge in [-0.05, 0) is 17.7 Å². The third-order valence-electron chi connectivity index (χ3n) is 4.46. The second-order valence-corrected chi connectivity index (χ2v) is 7.21. The predicted molar refractivity (Wildman–Crippen MR) is 131 cm³/mol. The fourth-order valence-corrected chi connectivity index (χ4v) is 2.72. The van der Waals surface area contributed by atoms with Crippen LogP contribution >= 0.6 is 0 Å². The zero-order chi connectivity index (χ0) is 24.7. The molecule has 35 heavy (non-hydrogen) atoms. The molecule has 0 saturated carbocycles. The number of nitrogens with one attached hydrogen (secondary N) is 1. The molecule has 0 radical (unpaired) electrons. The number of benzene rings is 2. The zero-order valence-corrected chi connectivity index (χ0v) is 20.2. The highest BCUT2D eigenvalue weighted by molar-refractivity contribution is 5.67. The summed E-state index contributed by atoms with van der Waals surface area (Å²) in [5.41, 5.74) is 0.943. The van der Waals surface area contributed by atoms with E-state index >= 15 is 0 Å². The summed E-state index contributed by atoms with van der Waals surface area (Å²) in [6.07, 6.45) is -0.462. The maximum Gasteiger partial charge on any atom is 0.407 e. The summed E-state index contributed by atoms with van der Waals surface area (Å²) in [5.74, 6) is 0.840. The quantitative estimate of drug-likeness (QED) is 0.266. The second kappa shape index (κ2) is 20.7. The van der Waals surface area contributed by atoms with Crippen LogP contribution in [0.1, 0.15) is 5.56 Å². The molecule has 0 aliphatic carbocycles.